The number of fused-ring (bicyclic) bond motifs is 1. The molecule has 0 fully saturated rings. The van der Waals surface area contributed by atoms with Crippen LogP contribution in [0.5, 0.6) is 11.5 Å². The molecule has 0 radical (unpaired) electrons. The number of hydrogen-bond acceptors (Lipinski definition) is 3. The van der Waals surface area contributed by atoms with Crippen molar-refractivity contribution >= 4 is 16.8 Å². The summed E-state index contributed by atoms with van der Waals surface area (Å²) in [5.74, 6) is 1.37. The minimum Gasteiger partial charge on any atom is -0.493 e. The fourth-order valence-electron chi connectivity index (χ4n) is 3.44. The Hall–Kier alpha value is -2.95. The quantitative estimate of drug-likeness (QED) is 0.659. The highest BCUT2D eigenvalue weighted by Crippen LogP contribution is 2.30. The lowest BCUT2D eigenvalue weighted by Gasteiger charge is -2.13. The van der Waals surface area contributed by atoms with Gasteiger partial charge in [-0.05, 0) is 30.5 Å². The lowest BCUT2D eigenvalue weighted by atomic mass is 10.1. The van der Waals surface area contributed by atoms with E-state index in [1.807, 2.05) is 24.3 Å². The second-order valence-corrected chi connectivity index (χ2v) is 6.57. The van der Waals surface area contributed by atoms with Gasteiger partial charge in [-0.25, -0.2) is 0 Å². The van der Waals surface area contributed by atoms with E-state index in [4.69, 9.17) is 9.47 Å². The summed E-state index contributed by atoms with van der Waals surface area (Å²) >= 11 is 0. The minimum absolute atomic E-state index is 0.0418. The van der Waals surface area contributed by atoms with Gasteiger partial charge in [-0.1, -0.05) is 30.3 Å². The Bertz CT molecular complexity index is 930. The number of aromatic nitrogens is 1. The number of amides is 1. The highest BCUT2D eigenvalue weighted by molar-refractivity contribution is 5.84. The number of ether oxygens (including phenoxy) is 2. The van der Waals surface area contributed by atoms with Gasteiger partial charge in [0.1, 0.15) is 0 Å². The number of aryl methyl sites for hydroxylation is 2. The summed E-state index contributed by atoms with van der Waals surface area (Å²) in [6.07, 6.45) is 4.35. The maximum absolute atomic E-state index is 12.2. The third kappa shape index (κ3) is 4.25. The molecule has 0 aliphatic rings. The smallest absolute Gasteiger partial charge is 0.220 e. The maximum atomic E-state index is 12.2. The van der Waals surface area contributed by atoms with Crippen LogP contribution in [-0.4, -0.2) is 24.7 Å². The van der Waals surface area contributed by atoms with Crippen molar-refractivity contribution in [2.75, 3.05) is 14.2 Å². The van der Waals surface area contributed by atoms with Gasteiger partial charge < -0.3 is 19.4 Å². The predicted octanol–water partition coefficient (Wildman–Crippen LogP) is 3.83. The molecular formula is C22H26N2O3. The normalized spacial score (nSPS) is 10.8. The topological polar surface area (TPSA) is 52.5 Å². The third-order valence-electron chi connectivity index (χ3n) is 4.79. The van der Waals surface area contributed by atoms with Crippen molar-refractivity contribution in [3.05, 3.63) is 59.8 Å². The molecule has 0 bridgehead atoms. The molecule has 0 saturated carbocycles. The summed E-state index contributed by atoms with van der Waals surface area (Å²) in [6.45, 7) is 0.424. The SMILES string of the molecule is COc1cccc(CNC(=O)CCCc2cn(C)c3ccccc23)c1OC. The van der Waals surface area contributed by atoms with Crippen LogP contribution in [0.3, 0.4) is 0 Å². The Kier molecular flexibility index (Phi) is 6.01. The Morgan fingerprint density at radius 3 is 2.63 bits per heavy atom. The molecule has 5 heteroatoms. The molecule has 0 spiro atoms. The highest BCUT2D eigenvalue weighted by Gasteiger charge is 2.11. The predicted molar refractivity (Wildman–Crippen MR) is 107 cm³/mol. The number of nitrogens with one attached hydrogen (secondary N) is 1. The van der Waals surface area contributed by atoms with Crippen molar-refractivity contribution in [3.63, 3.8) is 0 Å². The molecule has 0 unspecified atom stereocenters. The van der Waals surface area contributed by atoms with E-state index < -0.39 is 0 Å². The van der Waals surface area contributed by atoms with Crippen molar-refractivity contribution in [1.29, 1.82) is 0 Å². The lowest BCUT2D eigenvalue weighted by Crippen LogP contribution is -2.22. The first-order valence-corrected chi connectivity index (χ1v) is 9.13. The van der Waals surface area contributed by atoms with Crippen LogP contribution < -0.4 is 14.8 Å². The van der Waals surface area contributed by atoms with E-state index in [1.54, 1.807) is 14.2 Å². The van der Waals surface area contributed by atoms with E-state index in [-0.39, 0.29) is 5.91 Å². The Morgan fingerprint density at radius 1 is 1.04 bits per heavy atom. The van der Waals surface area contributed by atoms with Crippen molar-refractivity contribution in [2.45, 2.75) is 25.8 Å². The first-order valence-electron chi connectivity index (χ1n) is 9.13. The zero-order valence-electron chi connectivity index (χ0n) is 16.1. The summed E-state index contributed by atoms with van der Waals surface area (Å²) in [7, 11) is 5.26. The molecule has 1 heterocycles. The number of para-hydroxylation sites is 2. The van der Waals surface area contributed by atoms with Gasteiger partial charge in [-0.2, -0.15) is 0 Å². The average molecular weight is 366 g/mol. The van der Waals surface area contributed by atoms with Crippen LogP contribution in [0.2, 0.25) is 0 Å². The fraction of sp³-hybridized carbons (Fsp3) is 0.318. The number of carbonyl (C=O) groups excluding carboxylic acids is 1. The summed E-state index contributed by atoms with van der Waals surface area (Å²) in [5, 5.41) is 4.24. The molecule has 0 aliphatic heterocycles. The van der Waals surface area contributed by atoms with Crippen molar-refractivity contribution < 1.29 is 14.3 Å². The zero-order valence-corrected chi connectivity index (χ0v) is 16.1. The van der Waals surface area contributed by atoms with Gasteiger partial charge in [-0.15, -0.1) is 0 Å². The number of hydrogen-bond donors (Lipinski definition) is 1. The molecule has 142 valence electrons. The molecule has 0 saturated heterocycles. The second kappa shape index (κ2) is 8.62. The zero-order chi connectivity index (χ0) is 19.2. The summed E-state index contributed by atoms with van der Waals surface area (Å²) in [4.78, 5) is 12.2. The van der Waals surface area contributed by atoms with Crippen molar-refractivity contribution in [1.82, 2.24) is 9.88 Å². The molecule has 3 aromatic rings. The van der Waals surface area contributed by atoms with Crippen LogP contribution in [-0.2, 0) is 24.8 Å². The van der Waals surface area contributed by atoms with Gasteiger partial charge in [0.05, 0.1) is 14.2 Å². The molecule has 2 aromatic carbocycles. The number of benzene rings is 2. The van der Waals surface area contributed by atoms with E-state index in [0.717, 1.165) is 18.4 Å². The van der Waals surface area contributed by atoms with E-state index in [2.05, 4.69) is 41.3 Å². The van der Waals surface area contributed by atoms with Crippen molar-refractivity contribution in [2.24, 2.45) is 7.05 Å². The summed E-state index contributed by atoms with van der Waals surface area (Å²) in [5.41, 5.74) is 3.41. The molecule has 3 rings (SSSR count). The Balaban J connectivity index is 1.53. The highest BCUT2D eigenvalue weighted by atomic mass is 16.5. The maximum Gasteiger partial charge on any atom is 0.220 e. The minimum atomic E-state index is 0.0418. The van der Waals surface area contributed by atoms with Gasteiger partial charge in [0.15, 0.2) is 11.5 Å². The van der Waals surface area contributed by atoms with Crippen molar-refractivity contribution in [3.8, 4) is 11.5 Å². The van der Waals surface area contributed by atoms with Gasteiger partial charge in [-0.3, -0.25) is 4.79 Å². The van der Waals surface area contributed by atoms with Gasteiger partial charge in [0, 0.05) is 42.7 Å². The first-order chi connectivity index (χ1) is 13.1. The van der Waals surface area contributed by atoms with Gasteiger partial charge in [0.25, 0.3) is 0 Å². The monoisotopic (exact) mass is 366 g/mol. The molecule has 0 aliphatic carbocycles. The third-order valence-corrected chi connectivity index (χ3v) is 4.79. The summed E-state index contributed by atoms with van der Waals surface area (Å²) < 4.78 is 12.8. The molecule has 5 nitrogen and oxygen atoms in total. The van der Waals surface area contributed by atoms with Crippen LogP contribution in [0.15, 0.2) is 48.7 Å². The molecule has 1 aromatic heterocycles. The first kappa shape index (κ1) is 18.8. The summed E-state index contributed by atoms with van der Waals surface area (Å²) in [6, 6.07) is 14.0. The van der Waals surface area contributed by atoms with Crippen LogP contribution >= 0.6 is 0 Å². The van der Waals surface area contributed by atoms with Crippen LogP contribution in [0.25, 0.3) is 10.9 Å². The van der Waals surface area contributed by atoms with E-state index >= 15 is 0 Å². The fourth-order valence-corrected chi connectivity index (χ4v) is 3.44. The molecule has 1 amide bonds. The molecule has 1 N–H and O–H groups in total. The molecule has 27 heavy (non-hydrogen) atoms. The Morgan fingerprint density at radius 2 is 1.85 bits per heavy atom. The number of carbonyl (C=O) groups is 1. The van der Waals surface area contributed by atoms with Gasteiger partial charge >= 0.3 is 0 Å². The molecule has 0 atom stereocenters. The van der Waals surface area contributed by atoms with E-state index in [1.165, 1.54) is 16.5 Å². The number of nitrogens with zero attached hydrogens (tertiary/aromatic N) is 1. The van der Waals surface area contributed by atoms with Gasteiger partial charge in [0.2, 0.25) is 5.91 Å². The van der Waals surface area contributed by atoms with Crippen LogP contribution in [0, 0.1) is 0 Å². The van der Waals surface area contributed by atoms with Crippen LogP contribution in [0.1, 0.15) is 24.0 Å². The number of methoxy groups -OCH3 is 2. The van der Waals surface area contributed by atoms with E-state index in [0.29, 0.717) is 24.5 Å². The Labute approximate surface area is 159 Å². The standard InChI is InChI=1S/C22H26N2O3/c1-24-15-17(18-10-4-5-11-19(18)24)9-7-13-21(25)23-14-16-8-6-12-20(26-2)22(16)27-3/h4-6,8,10-12,15H,7,9,13-14H2,1-3H3,(H,23,25). The molecular weight excluding hydrogens is 340 g/mol. The largest absolute Gasteiger partial charge is 0.493 e. The number of rotatable bonds is 8. The van der Waals surface area contributed by atoms with E-state index in [9.17, 15) is 4.79 Å². The van der Waals surface area contributed by atoms with Crippen LogP contribution in [0.4, 0.5) is 0 Å². The lowest BCUT2D eigenvalue weighted by molar-refractivity contribution is -0.121. The second-order valence-electron chi connectivity index (χ2n) is 6.57. The average Bonchev–Trinajstić information content (AvgIpc) is 3.02.